The molecular weight excluding hydrogens is 382 g/mol. The third-order valence-electron chi connectivity index (χ3n) is 6.21. The Bertz CT molecular complexity index is 1080. The minimum Gasteiger partial charge on any atom is -0.477 e. The van der Waals surface area contributed by atoms with Crippen LogP contribution in [0.2, 0.25) is 0 Å². The lowest BCUT2D eigenvalue weighted by atomic mass is 10.0. The molecule has 7 nitrogen and oxygen atoms in total. The van der Waals surface area contributed by atoms with Crippen LogP contribution in [-0.2, 0) is 0 Å². The summed E-state index contributed by atoms with van der Waals surface area (Å²) >= 11 is 0. The molecule has 29 heavy (non-hydrogen) atoms. The van der Waals surface area contributed by atoms with Gasteiger partial charge >= 0.3 is 5.97 Å². The van der Waals surface area contributed by atoms with Gasteiger partial charge in [0.1, 0.15) is 11.7 Å². The number of rotatable bonds is 4. The summed E-state index contributed by atoms with van der Waals surface area (Å²) in [7, 11) is 0. The molecule has 1 aliphatic heterocycles. The number of hydrogen-bond acceptors (Lipinski definition) is 5. The van der Waals surface area contributed by atoms with Gasteiger partial charge in [0, 0.05) is 31.7 Å². The molecule has 2 fully saturated rings. The molecule has 4 atom stereocenters. The van der Waals surface area contributed by atoms with Crippen LogP contribution in [0.15, 0.2) is 11.0 Å². The van der Waals surface area contributed by atoms with Crippen molar-refractivity contribution in [3.63, 3.8) is 0 Å². The van der Waals surface area contributed by atoms with Crippen molar-refractivity contribution in [2.24, 2.45) is 11.7 Å². The van der Waals surface area contributed by atoms with Gasteiger partial charge in [0.25, 0.3) is 0 Å². The number of aromatic carboxylic acids is 1. The van der Waals surface area contributed by atoms with Crippen molar-refractivity contribution in [2.75, 3.05) is 23.7 Å². The molecule has 1 saturated heterocycles. The summed E-state index contributed by atoms with van der Waals surface area (Å²) in [6, 6.07) is -0.640. The number of nitrogen functional groups attached to an aromatic ring is 1. The summed E-state index contributed by atoms with van der Waals surface area (Å²) in [4.78, 5) is 26.2. The van der Waals surface area contributed by atoms with E-state index in [1.807, 2.05) is 11.8 Å². The number of carboxylic acid groups (broad SMARTS) is 1. The molecule has 2 aliphatic rings. The van der Waals surface area contributed by atoms with E-state index in [0.717, 1.165) is 12.6 Å². The highest BCUT2D eigenvalue weighted by Gasteiger charge is 2.41. The predicted octanol–water partition coefficient (Wildman–Crippen LogP) is 2.19. The fourth-order valence-corrected chi connectivity index (χ4v) is 4.43. The Morgan fingerprint density at radius 2 is 2.07 bits per heavy atom. The minimum absolute atomic E-state index is 0.0452. The predicted molar refractivity (Wildman–Crippen MR) is 107 cm³/mol. The summed E-state index contributed by atoms with van der Waals surface area (Å²) in [6.45, 7) is 4.70. The smallest absolute Gasteiger partial charge is 0.341 e. The maximum absolute atomic E-state index is 15.3. The molecule has 0 radical (unpaired) electrons. The lowest BCUT2D eigenvalue weighted by Crippen LogP contribution is -2.30. The first-order chi connectivity index (χ1) is 13.6. The van der Waals surface area contributed by atoms with Gasteiger partial charge in [0.05, 0.1) is 28.3 Å². The van der Waals surface area contributed by atoms with Gasteiger partial charge in [-0.25, -0.2) is 13.6 Å². The summed E-state index contributed by atoms with van der Waals surface area (Å²) < 4.78 is 30.7. The molecule has 0 spiro atoms. The highest BCUT2D eigenvalue weighted by Crippen LogP contribution is 2.44. The fourth-order valence-electron chi connectivity index (χ4n) is 4.43. The van der Waals surface area contributed by atoms with Crippen LogP contribution >= 0.6 is 0 Å². The van der Waals surface area contributed by atoms with Crippen molar-refractivity contribution < 1.29 is 18.7 Å². The number of hydrogen-bond donors (Lipinski definition) is 3. The van der Waals surface area contributed by atoms with Crippen molar-refractivity contribution in [1.29, 1.82) is 0 Å². The highest BCUT2D eigenvalue weighted by atomic mass is 19.1. The average Bonchev–Trinajstić information content (AvgIpc) is 3.17. The number of aromatic nitrogens is 1. The number of nitrogens with zero attached hydrogens (tertiary/aromatic N) is 2. The van der Waals surface area contributed by atoms with E-state index >= 15 is 4.39 Å². The zero-order chi connectivity index (χ0) is 21.2. The molecule has 4 rings (SSSR count). The topological polar surface area (TPSA) is 115 Å². The molecule has 2 heterocycles. The summed E-state index contributed by atoms with van der Waals surface area (Å²) in [5.41, 5.74) is 11.2. The molecule has 1 aliphatic carbocycles. The third kappa shape index (κ3) is 2.95. The molecule has 2 aromatic rings. The Kier molecular flexibility index (Phi) is 4.53. The highest BCUT2D eigenvalue weighted by molar-refractivity contribution is 6.01. The zero-order valence-electron chi connectivity index (χ0n) is 16.3. The molecule has 1 aromatic heterocycles. The van der Waals surface area contributed by atoms with Crippen molar-refractivity contribution in [3.8, 4) is 0 Å². The first-order valence-electron chi connectivity index (χ1n) is 9.67. The van der Waals surface area contributed by atoms with E-state index in [0.29, 0.717) is 24.2 Å². The number of alkyl halides is 1. The third-order valence-corrected chi connectivity index (χ3v) is 6.21. The van der Waals surface area contributed by atoms with Gasteiger partial charge < -0.3 is 26.0 Å². The first-order valence-corrected chi connectivity index (χ1v) is 9.67. The van der Waals surface area contributed by atoms with E-state index < -0.39 is 40.7 Å². The van der Waals surface area contributed by atoms with Crippen molar-refractivity contribution in [2.45, 2.75) is 44.9 Å². The first kappa shape index (κ1) is 19.6. The Morgan fingerprint density at radius 3 is 2.59 bits per heavy atom. The van der Waals surface area contributed by atoms with Crippen molar-refractivity contribution in [1.82, 2.24) is 4.57 Å². The summed E-state index contributed by atoms with van der Waals surface area (Å²) in [5, 5.41) is 9.19. The van der Waals surface area contributed by atoms with Gasteiger partial charge in [-0.3, -0.25) is 4.79 Å². The Morgan fingerprint density at radius 1 is 1.41 bits per heavy atom. The van der Waals surface area contributed by atoms with Crippen molar-refractivity contribution >= 4 is 28.2 Å². The van der Waals surface area contributed by atoms with E-state index in [1.54, 1.807) is 6.92 Å². The van der Waals surface area contributed by atoms with Crippen LogP contribution in [0.4, 0.5) is 20.2 Å². The van der Waals surface area contributed by atoms with Crippen LogP contribution in [0.25, 0.3) is 10.9 Å². The molecule has 1 aromatic carbocycles. The molecule has 9 heteroatoms. The van der Waals surface area contributed by atoms with Crippen LogP contribution in [0.1, 0.15) is 41.7 Å². The summed E-state index contributed by atoms with van der Waals surface area (Å²) in [5.74, 6) is -2.01. The molecule has 0 amide bonds. The number of carboxylic acids is 1. The van der Waals surface area contributed by atoms with Crippen LogP contribution in [-0.4, -0.2) is 40.9 Å². The number of aryl methyl sites for hydroxylation is 1. The van der Waals surface area contributed by atoms with E-state index in [-0.39, 0.29) is 29.5 Å². The van der Waals surface area contributed by atoms with E-state index in [2.05, 4.69) is 0 Å². The molecule has 1 saturated carbocycles. The molecule has 5 N–H and O–H groups in total. The normalized spacial score (nSPS) is 24.9. The Labute approximate surface area is 165 Å². The number of fused-ring (bicyclic) bond motifs is 1. The largest absolute Gasteiger partial charge is 0.477 e. The van der Waals surface area contributed by atoms with Gasteiger partial charge in [-0.1, -0.05) is 0 Å². The van der Waals surface area contributed by atoms with E-state index in [1.165, 1.54) is 4.57 Å². The second kappa shape index (κ2) is 6.69. The SMILES string of the molecule is Cc1c(N2CC[C@@H]([C@H](C)N)C2)c(F)c(N)c2c(=O)c(C(=O)O)cn([C@@H]3C[C@H]3F)c12. The number of halogens is 2. The van der Waals surface area contributed by atoms with Gasteiger partial charge in [-0.2, -0.15) is 0 Å². The second-order valence-electron chi connectivity index (χ2n) is 8.18. The van der Waals surface area contributed by atoms with Gasteiger partial charge in [0.2, 0.25) is 5.43 Å². The lowest BCUT2D eigenvalue weighted by molar-refractivity contribution is 0.0694. The number of pyridine rings is 1. The van der Waals surface area contributed by atoms with Crippen LogP contribution in [0.5, 0.6) is 0 Å². The van der Waals surface area contributed by atoms with Crippen molar-refractivity contribution in [3.05, 3.63) is 33.4 Å². The van der Waals surface area contributed by atoms with E-state index in [4.69, 9.17) is 11.5 Å². The van der Waals surface area contributed by atoms with Crippen LogP contribution in [0, 0.1) is 18.7 Å². The minimum atomic E-state index is -1.46. The second-order valence-corrected chi connectivity index (χ2v) is 8.18. The summed E-state index contributed by atoms with van der Waals surface area (Å²) in [6.07, 6.45) is 1.01. The fraction of sp³-hybridized carbons (Fsp3) is 0.500. The average molecular weight is 406 g/mol. The van der Waals surface area contributed by atoms with Crippen LogP contribution in [0.3, 0.4) is 0 Å². The standard InChI is InChI=1S/C20H24F2N4O3/c1-8-17-14(19(27)11(20(28)29)7-26(17)13-5-12(13)21)16(24)15(22)18(8)25-4-3-10(6-25)9(2)23/h7,9-10,12-13H,3-6,23-24H2,1-2H3,(H,28,29)/t9-,10+,12+,13+/m0/s1. The van der Waals surface area contributed by atoms with Gasteiger partial charge in [-0.05, 0) is 31.7 Å². The van der Waals surface area contributed by atoms with E-state index in [9.17, 15) is 19.1 Å². The molecule has 0 unspecified atom stereocenters. The lowest BCUT2D eigenvalue weighted by Gasteiger charge is -2.26. The maximum atomic E-state index is 15.3. The number of benzene rings is 1. The quantitative estimate of drug-likeness (QED) is 0.671. The number of nitrogens with two attached hydrogens (primary N) is 2. The Balaban J connectivity index is 2.01. The van der Waals surface area contributed by atoms with Gasteiger partial charge in [0.15, 0.2) is 5.82 Å². The number of carbonyl (C=O) groups is 1. The molecule has 0 bridgehead atoms. The zero-order valence-corrected chi connectivity index (χ0v) is 16.3. The van der Waals surface area contributed by atoms with Gasteiger partial charge in [-0.15, -0.1) is 0 Å². The molecular formula is C20H24F2N4O3. The number of anilines is 2. The Hall–Kier alpha value is -2.68. The monoisotopic (exact) mass is 406 g/mol. The maximum Gasteiger partial charge on any atom is 0.341 e. The molecule has 156 valence electrons. The van der Waals surface area contributed by atoms with Crippen LogP contribution < -0.4 is 21.8 Å².